The lowest BCUT2D eigenvalue weighted by Gasteiger charge is -2.24. The fraction of sp³-hybridized carbons (Fsp3) is 0.692. The smallest absolute Gasteiger partial charge is 0.370 e. The van der Waals surface area contributed by atoms with Crippen LogP contribution < -0.4 is 10.2 Å². The van der Waals surface area contributed by atoms with Crippen LogP contribution in [0.3, 0.4) is 0 Å². The van der Waals surface area contributed by atoms with E-state index in [0.717, 1.165) is 12.8 Å². The zero-order chi connectivity index (χ0) is 14.8. The molecule has 1 aromatic heterocycles. The van der Waals surface area contributed by atoms with E-state index in [2.05, 4.69) is 15.3 Å². The van der Waals surface area contributed by atoms with Gasteiger partial charge in [0.05, 0.1) is 0 Å². The summed E-state index contributed by atoms with van der Waals surface area (Å²) in [6, 6.07) is 1.59. The summed E-state index contributed by atoms with van der Waals surface area (Å²) in [5.74, 6) is 1.90. The Kier molecular flexibility index (Phi) is 4.35. The summed E-state index contributed by atoms with van der Waals surface area (Å²) in [5, 5.41) is 3.05. The Hall–Kier alpha value is -1.53. The number of hydrogen-bond acceptors (Lipinski definition) is 4. The van der Waals surface area contributed by atoms with Crippen LogP contribution in [0.15, 0.2) is 6.07 Å². The maximum absolute atomic E-state index is 12.6. The molecule has 0 spiro atoms. The van der Waals surface area contributed by atoms with Crippen LogP contribution in [0.2, 0.25) is 0 Å². The van der Waals surface area contributed by atoms with Gasteiger partial charge in [0, 0.05) is 25.1 Å². The van der Waals surface area contributed by atoms with Gasteiger partial charge in [-0.2, -0.15) is 13.2 Å². The van der Waals surface area contributed by atoms with Crippen molar-refractivity contribution in [3.63, 3.8) is 0 Å². The van der Waals surface area contributed by atoms with E-state index in [4.69, 9.17) is 0 Å². The molecule has 0 aliphatic heterocycles. The van der Waals surface area contributed by atoms with E-state index in [0.29, 0.717) is 29.9 Å². The van der Waals surface area contributed by atoms with Crippen molar-refractivity contribution in [2.24, 2.45) is 0 Å². The van der Waals surface area contributed by atoms with Gasteiger partial charge in [0.25, 0.3) is 0 Å². The molecule has 4 nitrogen and oxygen atoms in total. The van der Waals surface area contributed by atoms with Gasteiger partial charge in [0.2, 0.25) is 0 Å². The Morgan fingerprint density at radius 1 is 1.30 bits per heavy atom. The molecule has 0 aromatic carbocycles. The van der Waals surface area contributed by atoms with E-state index in [9.17, 15) is 13.2 Å². The van der Waals surface area contributed by atoms with Crippen LogP contribution in [0.4, 0.5) is 24.8 Å². The van der Waals surface area contributed by atoms with Crippen molar-refractivity contribution in [3.8, 4) is 0 Å². The van der Waals surface area contributed by atoms with E-state index in [1.165, 1.54) is 4.90 Å². The number of aromatic nitrogens is 2. The van der Waals surface area contributed by atoms with Crippen LogP contribution in [0.5, 0.6) is 0 Å². The number of halogens is 3. The number of anilines is 2. The Labute approximate surface area is 116 Å². The molecule has 0 atom stereocenters. The average molecular weight is 288 g/mol. The summed E-state index contributed by atoms with van der Waals surface area (Å²) in [6.45, 7) is 3.55. The molecule has 1 saturated carbocycles. The highest BCUT2D eigenvalue weighted by Crippen LogP contribution is 2.39. The second-order valence-corrected chi connectivity index (χ2v) is 4.90. The standard InChI is InChI=1S/C13H19F3N4/c1-3-17-10-7-11(19-12(18-10)9-5-6-9)20(4-2)8-13(14,15)16/h7,9H,3-6,8H2,1-2H3,(H,17,18,19). The predicted molar refractivity (Wildman–Crippen MR) is 72.1 cm³/mol. The van der Waals surface area contributed by atoms with E-state index in [-0.39, 0.29) is 6.54 Å². The lowest BCUT2D eigenvalue weighted by atomic mass is 10.3. The zero-order valence-electron chi connectivity index (χ0n) is 11.7. The molecule has 1 heterocycles. The molecule has 0 amide bonds. The predicted octanol–water partition coefficient (Wildman–Crippen LogP) is 3.17. The minimum atomic E-state index is -4.24. The first kappa shape index (κ1) is 14.9. The van der Waals surface area contributed by atoms with Crippen LogP contribution in [0, 0.1) is 0 Å². The third-order valence-corrected chi connectivity index (χ3v) is 3.11. The van der Waals surface area contributed by atoms with E-state index in [1.807, 2.05) is 6.92 Å². The SMILES string of the molecule is CCNc1cc(N(CC)CC(F)(F)F)nc(C2CC2)n1. The Morgan fingerprint density at radius 3 is 2.50 bits per heavy atom. The van der Waals surface area contributed by atoms with Gasteiger partial charge in [-0.1, -0.05) is 0 Å². The van der Waals surface area contributed by atoms with Gasteiger partial charge in [-0.15, -0.1) is 0 Å². The Morgan fingerprint density at radius 2 is 2.00 bits per heavy atom. The van der Waals surface area contributed by atoms with Gasteiger partial charge >= 0.3 is 6.18 Å². The number of rotatable bonds is 6. The summed E-state index contributed by atoms with van der Waals surface area (Å²) >= 11 is 0. The van der Waals surface area contributed by atoms with Crippen molar-refractivity contribution in [3.05, 3.63) is 11.9 Å². The van der Waals surface area contributed by atoms with E-state index in [1.54, 1.807) is 13.0 Å². The lowest BCUT2D eigenvalue weighted by Crippen LogP contribution is -2.35. The zero-order valence-corrected chi connectivity index (χ0v) is 11.7. The minimum absolute atomic E-state index is 0.256. The first-order valence-corrected chi connectivity index (χ1v) is 6.87. The molecule has 1 fully saturated rings. The molecule has 1 aliphatic carbocycles. The minimum Gasteiger partial charge on any atom is -0.370 e. The molecule has 0 radical (unpaired) electrons. The van der Waals surface area contributed by atoms with Crippen molar-refractivity contribution in [2.75, 3.05) is 29.9 Å². The number of nitrogens with one attached hydrogen (secondary N) is 1. The summed E-state index contributed by atoms with van der Waals surface area (Å²) in [7, 11) is 0. The molecule has 0 saturated heterocycles. The molecule has 0 unspecified atom stereocenters. The molecule has 1 aliphatic rings. The van der Waals surface area contributed by atoms with Crippen molar-refractivity contribution >= 4 is 11.6 Å². The Bertz CT molecular complexity index is 457. The monoisotopic (exact) mass is 288 g/mol. The quantitative estimate of drug-likeness (QED) is 0.873. The van der Waals surface area contributed by atoms with E-state index >= 15 is 0 Å². The van der Waals surface area contributed by atoms with Crippen molar-refractivity contribution in [1.29, 1.82) is 0 Å². The fourth-order valence-corrected chi connectivity index (χ4v) is 1.98. The second kappa shape index (κ2) is 5.85. The molecule has 112 valence electrons. The molecule has 0 bridgehead atoms. The van der Waals surface area contributed by atoms with Crippen molar-refractivity contribution < 1.29 is 13.2 Å². The summed E-state index contributed by atoms with van der Waals surface area (Å²) in [4.78, 5) is 9.91. The maximum Gasteiger partial charge on any atom is 0.405 e. The summed E-state index contributed by atoms with van der Waals surface area (Å²) in [5.41, 5.74) is 0. The number of hydrogen-bond donors (Lipinski definition) is 1. The number of alkyl halides is 3. The first-order chi connectivity index (χ1) is 9.43. The third-order valence-electron chi connectivity index (χ3n) is 3.11. The molecular formula is C13H19F3N4. The van der Waals surface area contributed by atoms with Gasteiger partial charge in [0.1, 0.15) is 24.0 Å². The average Bonchev–Trinajstić information content (AvgIpc) is 3.19. The van der Waals surface area contributed by atoms with Gasteiger partial charge in [0.15, 0.2) is 0 Å². The van der Waals surface area contributed by atoms with Gasteiger partial charge in [-0.25, -0.2) is 9.97 Å². The maximum atomic E-state index is 12.6. The molecular weight excluding hydrogens is 269 g/mol. The van der Waals surface area contributed by atoms with Crippen LogP contribution in [-0.2, 0) is 0 Å². The normalized spacial score (nSPS) is 15.2. The van der Waals surface area contributed by atoms with Gasteiger partial charge in [-0.05, 0) is 26.7 Å². The van der Waals surface area contributed by atoms with Crippen LogP contribution in [0.1, 0.15) is 38.4 Å². The first-order valence-electron chi connectivity index (χ1n) is 6.87. The summed E-state index contributed by atoms with van der Waals surface area (Å²) in [6.07, 6.45) is -2.21. The highest BCUT2D eigenvalue weighted by Gasteiger charge is 2.32. The van der Waals surface area contributed by atoms with Crippen LogP contribution >= 0.6 is 0 Å². The molecule has 7 heteroatoms. The third kappa shape index (κ3) is 3.98. The molecule has 20 heavy (non-hydrogen) atoms. The van der Waals surface area contributed by atoms with Crippen LogP contribution in [0.25, 0.3) is 0 Å². The molecule has 1 aromatic rings. The van der Waals surface area contributed by atoms with E-state index < -0.39 is 12.7 Å². The largest absolute Gasteiger partial charge is 0.405 e. The van der Waals surface area contributed by atoms with Crippen molar-refractivity contribution in [1.82, 2.24) is 9.97 Å². The molecule has 2 rings (SSSR count). The lowest BCUT2D eigenvalue weighted by molar-refractivity contribution is -0.119. The highest BCUT2D eigenvalue weighted by molar-refractivity contribution is 5.50. The number of nitrogens with zero attached hydrogens (tertiary/aromatic N) is 3. The van der Waals surface area contributed by atoms with Gasteiger partial charge < -0.3 is 10.2 Å². The highest BCUT2D eigenvalue weighted by atomic mass is 19.4. The fourth-order valence-electron chi connectivity index (χ4n) is 1.98. The second-order valence-electron chi connectivity index (χ2n) is 4.90. The van der Waals surface area contributed by atoms with Gasteiger partial charge in [-0.3, -0.25) is 0 Å². The molecule has 1 N–H and O–H groups in total. The topological polar surface area (TPSA) is 41.0 Å². The van der Waals surface area contributed by atoms with Crippen molar-refractivity contribution in [2.45, 2.75) is 38.8 Å². The summed E-state index contributed by atoms with van der Waals surface area (Å²) < 4.78 is 37.8. The van der Waals surface area contributed by atoms with Crippen LogP contribution in [-0.4, -0.2) is 35.8 Å². The Balaban J connectivity index is 2.27.